The van der Waals surface area contributed by atoms with Crippen LogP contribution in [0, 0.1) is 11.6 Å². The number of halogens is 3. The number of carbonyl (C=O) groups is 1. The Balaban J connectivity index is 2.82. The van der Waals surface area contributed by atoms with Gasteiger partial charge in [-0.3, -0.25) is 4.79 Å². The summed E-state index contributed by atoms with van der Waals surface area (Å²) in [7, 11) is 0. The summed E-state index contributed by atoms with van der Waals surface area (Å²) in [4.78, 5) is 14.7. The molecule has 0 aromatic carbocycles. The largest absolute Gasteiger partial charge is 0.347 e. The van der Waals surface area contributed by atoms with Crippen molar-refractivity contribution in [1.29, 1.82) is 0 Å². The van der Waals surface area contributed by atoms with Gasteiger partial charge in [-0.25, -0.2) is 13.8 Å². The predicted molar refractivity (Wildman–Crippen MR) is 51.8 cm³/mol. The van der Waals surface area contributed by atoms with Gasteiger partial charge in [-0.1, -0.05) is 0 Å². The molecule has 1 unspecified atom stereocenters. The molecule has 0 fully saturated rings. The van der Waals surface area contributed by atoms with Gasteiger partial charge >= 0.3 is 0 Å². The van der Waals surface area contributed by atoms with Crippen molar-refractivity contribution in [3.05, 3.63) is 29.6 Å². The van der Waals surface area contributed by atoms with Crippen molar-refractivity contribution in [3.63, 3.8) is 0 Å². The van der Waals surface area contributed by atoms with Crippen molar-refractivity contribution in [3.8, 4) is 0 Å². The molecule has 3 nitrogen and oxygen atoms in total. The summed E-state index contributed by atoms with van der Waals surface area (Å²) in [5, 5.41) is 2.41. The van der Waals surface area contributed by atoms with Crippen LogP contribution in [0.5, 0.6) is 0 Å². The summed E-state index contributed by atoms with van der Waals surface area (Å²) in [6, 6.07) is 0.304. The summed E-state index contributed by atoms with van der Waals surface area (Å²) in [5.41, 5.74) is -0.437. The molecule has 0 saturated heterocycles. The number of amides is 1. The lowest BCUT2D eigenvalue weighted by Crippen LogP contribution is -2.34. The highest BCUT2D eigenvalue weighted by Gasteiger charge is 2.15. The second-order valence-corrected chi connectivity index (χ2v) is 3.32. The zero-order valence-corrected chi connectivity index (χ0v) is 8.68. The molecule has 0 radical (unpaired) electrons. The average Bonchev–Trinajstić information content (AvgIpc) is 2.17. The van der Waals surface area contributed by atoms with Crippen LogP contribution in [0.25, 0.3) is 0 Å². The fourth-order valence-electron chi connectivity index (χ4n) is 0.912. The Morgan fingerprint density at radius 1 is 1.67 bits per heavy atom. The zero-order chi connectivity index (χ0) is 11.4. The Hall–Kier alpha value is -1.23. The third-order valence-corrected chi connectivity index (χ3v) is 2.09. The van der Waals surface area contributed by atoms with Crippen molar-refractivity contribution in [2.75, 3.05) is 5.88 Å². The van der Waals surface area contributed by atoms with Gasteiger partial charge < -0.3 is 5.32 Å². The normalized spacial score (nSPS) is 12.3. The van der Waals surface area contributed by atoms with E-state index in [9.17, 15) is 13.6 Å². The Morgan fingerprint density at radius 3 is 2.87 bits per heavy atom. The van der Waals surface area contributed by atoms with Crippen LogP contribution >= 0.6 is 11.6 Å². The van der Waals surface area contributed by atoms with Crippen molar-refractivity contribution >= 4 is 17.5 Å². The van der Waals surface area contributed by atoms with Crippen LogP contribution in [0.15, 0.2) is 12.3 Å². The number of hydrogen-bond acceptors (Lipinski definition) is 2. The number of nitrogens with one attached hydrogen (secondary N) is 1. The standard InChI is InChI=1S/C9H9ClF2N2O/c1-5(3-10)14-9(15)8-7(12)2-6(11)4-13-8/h2,4-5H,3H2,1H3,(H,14,15). The lowest BCUT2D eigenvalue weighted by atomic mass is 10.3. The molecule has 1 amide bonds. The van der Waals surface area contributed by atoms with Gasteiger partial charge in [0.2, 0.25) is 0 Å². The zero-order valence-electron chi connectivity index (χ0n) is 7.93. The summed E-state index contributed by atoms with van der Waals surface area (Å²) in [6.45, 7) is 1.66. The van der Waals surface area contributed by atoms with Crippen molar-refractivity contribution in [1.82, 2.24) is 10.3 Å². The molecule has 0 aliphatic heterocycles. The minimum Gasteiger partial charge on any atom is -0.347 e. The first kappa shape index (κ1) is 11.8. The monoisotopic (exact) mass is 234 g/mol. The van der Waals surface area contributed by atoms with E-state index in [4.69, 9.17) is 11.6 Å². The molecule has 1 N–H and O–H groups in total. The molecular formula is C9H9ClF2N2O. The fraction of sp³-hybridized carbons (Fsp3) is 0.333. The first-order valence-electron chi connectivity index (χ1n) is 4.22. The number of alkyl halides is 1. The minimum absolute atomic E-state index is 0.203. The summed E-state index contributed by atoms with van der Waals surface area (Å²) in [6.07, 6.45) is 0.781. The van der Waals surface area contributed by atoms with E-state index >= 15 is 0 Å². The maximum atomic E-state index is 13.1. The molecule has 0 spiro atoms. The second-order valence-electron chi connectivity index (χ2n) is 3.01. The van der Waals surface area contributed by atoms with E-state index in [0.29, 0.717) is 6.07 Å². The van der Waals surface area contributed by atoms with E-state index < -0.39 is 23.2 Å². The van der Waals surface area contributed by atoms with Gasteiger partial charge in [-0.15, -0.1) is 11.6 Å². The van der Waals surface area contributed by atoms with Crippen LogP contribution in [0.1, 0.15) is 17.4 Å². The molecule has 1 atom stereocenters. The maximum absolute atomic E-state index is 13.1. The molecular weight excluding hydrogens is 226 g/mol. The lowest BCUT2D eigenvalue weighted by Gasteiger charge is -2.09. The van der Waals surface area contributed by atoms with Gasteiger partial charge in [0.15, 0.2) is 11.5 Å². The smallest absolute Gasteiger partial charge is 0.273 e. The van der Waals surface area contributed by atoms with Gasteiger partial charge in [0.05, 0.1) is 6.20 Å². The molecule has 1 aromatic rings. The third-order valence-electron chi connectivity index (χ3n) is 1.63. The molecule has 0 bridgehead atoms. The Kier molecular flexibility index (Phi) is 3.96. The minimum atomic E-state index is -0.991. The van der Waals surface area contributed by atoms with Gasteiger partial charge in [0.1, 0.15) is 5.82 Å². The van der Waals surface area contributed by atoms with Crippen molar-refractivity contribution in [2.45, 2.75) is 13.0 Å². The average molecular weight is 235 g/mol. The molecule has 1 rings (SSSR count). The van der Waals surface area contributed by atoms with Crippen molar-refractivity contribution in [2.24, 2.45) is 0 Å². The second kappa shape index (κ2) is 5.02. The number of hydrogen-bond donors (Lipinski definition) is 1. The Morgan fingerprint density at radius 2 is 2.33 bits per heavy atom. The first-order chi connectivity index (χ1) is 7.04. The van der Waals surface area contributed by atoms with E-state index in [1.54, 1.807) is 6.92 Å². The van der Waals surface area contributed by atoms with Crippen LogP contribution < -0.4 is 5.32 Å². The van der Waals surface area contributed by atoms with E-state index in [0.717, 1.165) is 6.20 Å². The van der Waals surface area contributed by atoms with E-state index in [1.807, 2.05) is 0 Å². The van der Waals surface area contributed by atoms with Crippen LogP contribution in [-0.2, 0) is 0 Å². The molecule has 0 aliphatic carbocycles. The number of nitrogens with zero attached hydrogens (tertiary/aromatic N) is 1. The van der Waals surface area contributed by atoms with Gasteiger partial charge in [-0.2, -0.15) is 0 Å². The maximum Gasteiger partial charge on any atom is 0.273 e. The highest BCUT2D eigenvalue weighted by Crippen LogP contribution is 2.06. The number of aromatic nitrogens is 1. The van der Waals surface area contributed by atoms with Crippen LogP contribution in [0.3, 0.4) is 0 Å². The number of rotatable bonds is 3. The van der Waals surface area contributed by atoms with Gasteiger partial charge in [0.25, 0.3) is 5.91 Å². The highest BCUT2D eigenvalue weighted by molar-refractivity contribution is 6.18. The molecule has 82 valence electrons. The van der Waals surface area contributed by atoms with Crippen LogP contribution in [-0.4, -0.2) is 22.8 Å². The number of carbonyl (C=O) groups excluding carboxylic acids is 1. The van der Waals surface area contributed by atoms with E-state index in [-0.39, 0.29) is 11.9 Å². The lowest BCUT2D eigenvalue weighted by molar-refractivity contribution is 0.0934. The summed E-state index contributed by atoms with van der Waals surface area (Å²) < 4.78 is 25.5. The SMILES string of the molecule is CC(CCl)NC(=O)c1ncc(F)cc1F. The van der Waals surface area contributed by atoms with Gasteiger partial charge in [0, 0.05) is 18.0 Å². The van der Waals surface area contributed by atoms with E-state index in [1.165, 1.54) is 0 Å². The van der Waals surface area contributed by atoms with E-state index in [2.05, 4.69) is 10.3 Å². The Bertz CT molecular complexity index is 373. The molecule has 6 heteroatoms. The topological polar surface area (TPSA) is 42.0 Å². The Labute approximate surface area is 90.5 Å². The van der Waals surface area contributed by atoms with Crippen molar-refractivity contribution < 1.29 is 13.6 Å². The molecule has 15 heavy (non-hydrogen) atoms. The summed E-state index contributed by atoms with van der Waals surface area (Å²) >= 11 is 5.46. The third kappa shape index (κ3) is 3.13. The van der Waals surface area contributed by atoms with Crippen LogP contribution in [0.4, 0.5) is 8.78 Å². The van der Waals surface area contributed by atoms with Crippen LogP contribution in [0.2, 0.25) is 0 Å². The van der Waals surface area contributed by atoms with Gasteiger partial charge in [-0.05, 0) is 6.92 Å². The quantitative estimate of drug-likeness (QED) is 0.810. The fourth-order valence-corrected chi connectivity index (χ4v) is 0.990. The first-order valence-corrected chi connectivity index (χ1v) is 4.76. The molecule has 1 aromatic heterocycles. The highest BCUT2D eigenvalue weighted by atomic mass is 35.5. The number of pyridine rings is 1. The predicted octanol–water partition coefficient (Wildman–Crippen LogP) is 1.72. The molecule has 0 saturated carbocycles. The summed E-state index contributed by atoms with van der Waals surface area (Å²) in [5.74, 6) is -2.32. The molecule has 1 heterocycles. The molecule has 0 aliphatic rings.